The Hall–Kier alpha value is -1.21. The highest BCUT2D eigenvalue weighted by atomic mass is 79.9. The zero-order chi connectivity index (χ0) is 16.8. The van der Waals surface area contributed by atoms with E-state index in [0.717, 1.165) is 13.1 Å². The van der Waals surface area contributed by atoms with E-state index in [0.29, 0.717) is 18.5 Å². The van der Waals surface area contributed by atoms with Gasteiger partial charge < -0.3 is 15.0 Å². The van der Waals surface area contributed by atoms with Crippen molar-refractivity contribution < 1.29 is 13.9 Å². The molecule has 0 bridgehead atoms. The normalized spacial score (nSPS) is 22.5. The lowest BCUT2D eigenvalue weighted by molar-refractivity contribution is -0.105. The molecular formula is C16H21BrFN3O2. The lowest BCUT2D eigenvalue weighted by atomic mass is 9.65. The molecule has 2 fully saturated rings. The van der Waals surface area contributed by atoms with E-state index in [2.05, 4.69) is 26.2 Å². The molecule has 2 saturated heterocycles. The molecule has 1 atom stereocenters. The van der Waals surface area contributed by atoms with Gasteiger partial charge in [-0.05, 0) is 54.8 Å². The molecule has 5 nitrogen and oxygen atoms in total. The first-order valence-electron chi connectivity index (χ1n) is 7.71. The molecule has 0 radical (unpaired) electrons. The molecule has 1 aromatic heterocycles. The first-order chi connectivity index (χ1) is 10.7. The van der Waals surface area contributed by atoms with Gasteiger partial charge in [0.2, 0.25) is 0 Å². The van der Waals surface area contributed by atoms with E-state index in [4.69, 9.17) is 4.74 Å². The molecule has 1 N–H and O–H groups in total. The van der Waals surface area contributed by atoms with E-state index in [-0.39, 0.29) is 28.0 Å². The minimum atomic E-state index is -0.535. The molecule has 1 aromatic rings. The van der Waals surface area contributed by atoms with Crippen molar-refractivity contribution in [2.24, 2.45) is 5.41 Å². The second kappa shape index (κ2) is 5.70. The quantitative estimate of drug-likeness (QED) is 0.795. The van der Waals surface area contributed by atoms with Crippen molar-refractivity contribution in [1.82, 2.24) is 15.2 Å². The first kappa shape index (κ1) is 16.6. The second-order valence-electron chi connectivity index (χ2n) is 7.37. The van der Waals surface area contributed by atoms with E-state index in [1.54, 1.807) is 17.2 Å². The largest absolute Gasteiger partial charge is 0.444 e. The fraction of sp³-hybridized carbons (Fsp3) is 0.625. The second-order valence-corrected chi connectivity index (χ2v) is 8.12. The summed E-state index contributed by atoms with van der Waals surface area (Å²) in [7, 11) is 0. The third-order valence-corrected chi connectivity index (χ3v) is 5.04. The summed E-state index contributed by atoms with van der Waals surface area (Å²) in [6, 6.07) is 1.62. The molecule has 1 spiro atoms. The predicted octanol–water partition coefficient (Wildman–Crippen LogP) is 2.73. The highest BCUT2D eigenvalue weighted by Crippen LogP contribution is 2.43. The van der Waals surface area contributed by atoms with Crippen molar-refractivity contribution >= 4 is 22.0 Å². The summed E-state index contributed by atoms with van der Waals surface area (Å²) in [6.07, 6.45) is 1.71. The Morgan fingerprint density at radius 3 is 2.83 bits per heavy atom. The molecule has 0 aliphatic carbocycles. The lowest BCUT2D eigenvalue weighted by Crippen LogP contribution is -2.78. The Morgan fingerprint density at radius 1 is 1.57 bits per heavy atom. The van der Waals surface area contributed by atoms with Crippen LogP contribution >= 0.6 is 15.9 Å². The minimum absolute atomic E-state index is 0.0408. The van der Waals surface area contributed by atoms with Gasteiger partial charge in [-0.25, -0.2) is 14.2 Å². The molecule has 2 aliphatic rings. The van der Waals surface area contributed by atoms with Crippen molar-refractivity contribution in [3.8, 4) is 0 Å². The maximum Gasteiger partial charge on any atom is 0.410 e. The first-order valence-corrected chi connectivity index (χ1v) is 8.50. The predicted molar refractivity (Wildman–Crippen MR) is 87.6 cm³/mol. The Kier molecular flexibility index (Phi) is 4.13. The lowest BCUT2D eigenvalue weighted by Gasteiger charge is -2.62. The Bertz CT molecular complexity index is 628. The average Bonchev–Trinajstić information content (AvgIpc) is 2.35. The number of nitrogens with zero attached hydrogens (tertiary/aromatic N) is 2. The molecule has 1 amide bonds. The van der Waals surface area contributed by atoms with Gasteiger partial charge >= 0.3 is 6.09 Å². The number of rotatable bonds is 2. The van der Waals surface area contributed by atoms with Gasteiger partial charge in [-0.15, -0.1) is 0 Å². The molecule has 1 unspecified atom stereocenters. The number of nitrogens with one attached hydrogen (secondary N) is 1. The average molecular weight is 386 g/mol. The molecule has 0 saturated carbocycles. The van der Waals surface area contributed by atoms with E-state index in [1.807, 2.05) is 20.8 Å². The van der Waals surface area contributed by atoms with Crippen LogP contribution in [0.15, 0.2) is 16.9 Å². The zero-order valence-electron chi connectivity index (χ0n) is 13.5. The number of aromatic nitrogens is 1. The standard InChI is InChI=1S/C16H21BrFN3O2/c1-15(2,3)23-14(22)21-9-16(7-19-8-16)11(21)6-10-4-5-20-13(17)12(10)18/h4-5,11,19H,6-9H2,1-3H3. The summed E-state index contributed by atoms with van der Waals surface area (Å²) in [5, 5.41) is 3.26. The number of likely N-dealkylation sites (tertiary alicyclic amines) is 1. The number of pyridine rings is 1. The van der Waals surface area contributed by atoms with Gasteiger partial charge in [0.05, 0.1) is 0 Å². The van der Waals surface area contributed by atoms with Gasteiger partial charge in [0.15, 0.2) is 5.82 Å². The van der Waals surface area contributed by atoms with Crippen LogP contribution in [0.25, 0.3) is 0 Å². The van der Waals surface area contributed by atoms with Crippen molar-refractivity contribution in [1.29, 1.82) is 0 Å². The van der Waals surface area contributed by atoms with E-state index >= 15 is 0 Å². The number of amides is 1. The van der Waals surface area contributed by atoms with Crippen LogP contribution < -0.4 is 5.32 Å². The fourth-order valence-electron chi connectivity index (χ4n) is 3.23. The molecule has 2 aliphatic heterocycles. The Balaban J connectivity index is 1.78. The van der Waals surface area contributed by atoms with Crippen LogP contribution in [0.2, 0.25) is 0 Å². The van der Waals surface area contributed by atoms with Crippen LogP contribution in [0.4, 0.5) is 9.18 Å². The van der Waals surface area contributed by atoms with Crippen LogP contribution in [-0.2, 0) is 11.2 Å². The molecular weight excluding hydrogens is 365 g/mol. The monoisotopic (exact) mass is 385 g/mol. The topological polar surface area (TPSA) is 54.5 Å². The van der Waals surface area contributed by atoms with Crippen LogP contribution in [0.1, 0.15) is 26.3 Å². The molecule has 3 heterocycles. The number of halogens is 2. The molecule has 126 valence electrons. The molecule has 0 aromatic carbocycles. The van der Waals surface area contributed by atoms with Crippen LogP contribution in [0.3, 0.4) is 0 Å². The summed E-state index contributed by atoms with van der Waals surface area (Å²) < 4.78 is 19.9. The van der Waals surface area contributed by atoms with Crippen molar-refractivity contribution in [2.75, 3.05) is 19.6 Å². The maximum atomic E-state index is 14.2. The van der Waals surface area contributed by atoms with E-state index in [9.17, 15) is 9.18 Å². The van der Waals surface area contributed by atoms with Crippen LogP contribution in [0.5, 0.6) is 0 Å². The summed E-state index contributed by atoms with van der Waals surface area (Å²) in [5.74, 6) is -0.356. The smallest absolute Gasteiger partial charge is 0.410 e. The minimum Gasteiger partial charge on any atom is -0.444 e. The van der Waals surface area contributed by atoms with Crippen LogP contribution in [-0.4, -0.2) is 47.3 Å². The SMILES string of the molecule is CC(C)(C)OC(=O)N1CC2(CNC2)C1Cc1ccnc(Br)c1F. The number of carbonyl (C=O) groups is 1. The van der Waals surface area contributed by atoms with Gasteiger partial charge in [0, 0.05) is 37.3 Å². The van der Waals surface area contributed by atoms with Gasteiger partial charge in [-0.3, -0.25) is 0 Å². The van der Waals surface area contributed by atoms with Gasteiger partial charge in [-0.1, -0.05) is 0 Å². The summed E-state index contributed by atoms with van der Waals surface area (Å²) in [5.41, 5.74) is 0.0724. The van der Waals surface area contributed by atoms with E-state index in [1.165, 1.54) is 0 Å². The highest BCUT2D eigenvalue weighted by Gasteiger charge is 2.58. The number of ether oxygens (including phenoxy) is 1. The highest BCUT2D eigenvalue weighted by molar-refractivity contribution is 9.10. The summed E-state index contributed by atoms with van der Waals surface area (Å²) in [4.78, 5) is 18.0. The number of hydrogen-bond donors (Lipinski definition) is 1. The summed E-state index contributed by atoms with van der Waals surface area (Å²) >= 11 is 3.12. The van der Waals surface area contributed by atoms with E-state index < -0.39 is 5.60 Å². The molecule has 3 rings (SSSR count). The maximum absolute atomic E-state index is 14.2. The third-order valence-electron chi connectivity index (χ3n) is 4.49. The number of carbonyl (C=O) groups excluding carboxylic acids is 1. The van der Waals surface area contributed by atoms with Crippen molar-refractivity contribution in [2.45, 2.75) is 38.8 Å². The third kappa shape index (κ3) is 3.08. The molecule has 23 heavy (non-hydrogen) atoms. The fourth-order valence-corrected chi connectivity index (χ4v) is 3.60. The number of hydrogen-bond acceptors (Lipinski definition) is 4. The summed E-state index contributed by atoms with van der Waals surface area (Å²) in [6.45, 7) is 7.91. The Morgan fingerprint density at radius 2 is 2.26 bits per heavy atom. The van der Waals surface area contributed by atoms with Crippen molar-refractivity contribution in [3.63, 3.8) is 0 Å². The van der Waals surface area contributed by atoms with Crippen molar-refractivity contribution in [3.05, 3.63) is 28.2 Å². The van der Waals surface area contributed by atoms with Gasteiger partial charge in [0.1, 0.15) is 10.2 Å². The Labute approximate surface area is 143 Å². The van der Waals surface area contributed by atoms with Gasteiger partial charge in [0.25, 0.3) is 0 Å². The van der Waals surface area contributed by atoms with Crippen LogP contribution in [0, 0.1) is 11.2 Å². The molecule has 7 heteroatoms. The van der Waals surface area contributed by atoms with Gasteiger partial charge in [-0.2, -0.15) is 0 Å². The zero-order valence-corrected chi connectivity index (χ0v) is 15.1.